The van der Waals surface area contributed by atoms with E-state index in [2.05, 4.69) is 54.8 Å². The van der Waals surface area contributed by atoms with Crippen LogP contribution in [0, 0.1) is 6.92 Å². The topological polar surface area (TPSA) is 24.1 Å². The number of halogens is 1. The van der Waals surface area contributed by atoms with Gasteiger partial charge in [0.1, 0.15) is 0 Å². The van der Waals surface area contributed by atoms with Gasteiger partial charge in [-0.2, -0.15) is 0 Å². The van der Waals surface area contributed by atoms with Crippen LogP contribution in [0.5, 0.6) is 0 Å². The van der Waals surface area contributed by atoms with Crippen LogP contribution in [0.1, 0.15) is 30.9 Å². The molecule has 0 fully saturated rings. The Morgan fingerprint density at radius 3 is 2.24 bits per heavy atom. The van der Waals surface area contributed by atoms with Crippen LogP contribution in [0.2, 0.25) is 5.02 Å². The van der Waals surface area contributed by atoms with Crippen molar-refractivity contribution in [3.8, 4) is 0 Å². The predicted octanol–water partition coefficient (Wildman–Crippen LogP) is 5.30. The first-order valence-corrected chi connectivity index (χ1v) is 7.79. The molecule has 0 aliphatic heterocycles. The lowest BCUT2D eigenvalue weighted by atomic mass is 10.0. The maximum atomic E-state index is 6.12. The molecule has 2 aromatic rings. The standard InChI is InChI=1S/C18H23ClN2/c1-13(2)15-7-4-5-9-18(15)21-12-11-20-17-10-6-8-16(19)14(17)3/h4-10,13,20-21H,11-12H2,1-3H3. The van der Waals surface area contributed by atoms with Crippen LogP contribution in [0.15, 0.2) is 42.5 Å². The lowest BCUT2D eigenvalue weighted by Crippen LogP contribution is -2.15. The highest BCUT2D eigenvalue weighted by Crippen LogP contribution is 2.24. The van der Waals surface area contributed by atoms with E-state index in [1.165, 1.54) is 11.3 Å². The smallest absolute Gasteiger partial charge is 0.0455 e. The van der Waals surface area contributed by atoms with Crippen molar-refractivity contribution < 1.29 is 0 Å². The normalized spacial score (nSPS) is 10.7. The van der Waals surface area contributed by atoms with E-state index in [9.17, 15) is 0 Å². The first kappa shape index (κ1) is 15.7. The van der Waals surface area contributed by atoms with Crippen molar-refractivity contribution >= 4 is 23.0 Å². The van der Waals surface area contributed by atoms with Gasteiger partial charge in [0.05, 0.1) is 0 Å². The van der Waals surface area contributed by atoms with E-state index in [4.69, 9.17) is 11.6 Å². The first-order valence-electron chi connectivity index (χ1n) is 7.41. The van der Waals surface area contributed by atoms with Crippen molar-refractivity contribution in [2.75, 3.05) is 23.7 Å². The highest BCUT2D eigenvalue weighted by molar-refractivity contribution is 6.31. The Kier molecular flexibility index (Phi) is 5.51. The molecule has 2 aromatic carbocycles. The summed E-state index contributed by atoms with van der Waals surface area (Å²) in [5.74, 6) is 0.525. The van der Waals surface area contributed by atoms with Gasteiger partial charge in [-0.15, -0.1) is 0 Å². The van der Waals surface area contributed by atoms with Crippen LogP contribution in [-0.2, 0) is 0 Å². The first-order chi connectivity index (χ1) is 10.1. The second kappa shape index (κ2) is 7.37. The van der Waals surface area contributed by atoms with Gasteiger partial charge in [0.15, 0.2) is 0 Å². The van der Waals surface area contributed by atoms with Crippen LogP contribution in [0.25, 0.3) is 0 Å². The molecule has 2 N–H and O–H groups in total. The zero-order valence-electron chi connectivity index (χ0n) is 12.9. The van der Waals surface area contributed by atoms with Crippen LogP contribution in [-0.4, -0.2) is 13.1 Å². The number of hydrogen-bond acceptors (Lipinski definition) is 2. The molecule has 0 unspecified atom stereocenters. The molecule has 3 heteroatoms. The number of anilines is 2. The molecule has 0 heterocycles. The van der Waals surface area contributed by atoms with Gasteiger partial charge in [-0.1, -0.05) is 49.7 Å². The third-order valence-corrected chi connectivity index (χ3v) is 4.02. The third kappa shape index (κ3) is 4.15. The molecule has 0 aromatic heterocycles. The lowest BCUT2D eigenvalue weighted by molar-refractivity contribution is 0.865. The number of hydrogen-bond donors (Lipinski definition) is 2. The quantitative estimate of drug-likeness (QED) is 0.708. The largest absolute Gasteiger partial charge is 0.383 e. The molecule has 2 nitrogen and oxygen atoms in total. The molecule has 0 saturated heterocycles. The summed E-state index contributed by atoms with van der Waals surface area (Å²) in [5, 5.41) is 7.73. The highest BCUT2D eigenvalue weighted by atomic mass is 35.5. The Labute approximate surface area is 132 Å². The van der Waals surface area contributed by atoms with Crippen molar-refractivity contribution in [2.24, 2.45) is 0 Å². The molecule has 0 saturated carbocycles. The highest BCUT2D eigenvalue weighted by Gasteiger charge is 2.05. The molecule has 0 aliphatic carbocycles. The Morgan fingerprint density at radius 2 is 1.52 bits per heavy atom. The van der Waals surface area contributed by atoms with E-state index >= 15 is 0 Å². The van der Waals surface area contributed by atoms with Gasteiger partial charge in [-0.05, 0) is 42.2 Å². The van der Waals surface area contributed by atoms with E-state index in [0.29, 0.717) is 5.92 Å². The van der Waals surface area contributed by atoms with Crippen LogP contribution >= 0.6 is 11.6 Å². The summed E-state index contributed by atoms with van der Waals surface area (Å²) in [6.07, 6.45) is 0. The van der Waals surface area contributed by atoms with E-state index in [-0.39, 0.29) is 0 Å². The molecular formula is C18H23ClN2. The Hall–Kier alpha value is -1.67. The molecule has 0 aliphatic rings. The van der Waals surface area contributed by atoms with Crippen molar-refractivity contribution in [3.05, 3.63) is 58.6 Å². The number of nitrogens with one attached hydrogen (secondary N) is 2. The van der Waals surface area contributed by atoms with E-state index < -0.39 is 0 Å². The van der Waals surface area contributed by atoms with E-state index in [1.54, 1.807) is 0 Å². The molecular weight excluding hydrogens is 280 g/mol. The maximum Gasteiger partial charge on any atom is 0.0455 e. The molecule has 2 rings (SSSR count). The Bertz CT molecular complexity index is 594. The summed E-state index contributed by atoms with van der Waals surface area (Å²) in [5.41, 5.74) is 4.77. The predicted molar refractivity (Wildman–Crippen MR) is 93.7 cm³/mol. The summed E-state index contributed by atoms with van der Waals surface area (Å²) >= 11 is 6.12. The van der Waals surface area contributed by atoms with Gasteiger partial charge in [0, 0.05) is 29.5 Å². The van der Waals surface area contributed by atoms with Crippen molar-refractivity contribution in [2.45, 2.75) is 26.7 Å². The fourth-order valence-corrected chi connectivity index (χ4v) is 2.53. The zero-order chi connectivity index (χ0) is 15.2. The summed E-state index contributed by atoms with van der Waals surface area (Å²) in [7, 11) is 0. The molecule has 0 bridgehead atoms. The monoisotopic (exact) mass is 302 g/mol. The minimum atomic E-state index is 0.525. The van der Waals surface area contributed by atoms with Crippen molar-refractivity contribution in [3.63, 3.8) is 0 Å². The SMILES string of the molecule is Cc1c(Cl)cccc1NCCNc1ccccc1C(C)C. The van der Waals surface area contributed by atoms with E-state index in [1.807, 2.05) is 19.1 Å². The Balaban J connectivity index is 1.89. The van der Waals surface area contributed by atoms with Crippen LogP contribution in [0.4, 0.5) is 11.4 Å². The van der Waals surface area contributed by atoms with Crippen molar-refractivity contribution in [1.82, 2.24) is 0 Å². The van der Waals surface area contributed by atoms with Gasteiger partial charge in [-0.25, -0.2) is 0 Å². The summed E-state index contributed by atoms with van der Waals surface area (Å²) in [6.45, 7) is 8.19. The zero-order valence-corrected chi connectivity index (χ0v) is 13.7. The minimum absolute atomic E-state index is 0.525. The van der Waals surface area contributed by atoms with Gasteiger partial charge in [-0.3, -0.25) is 0 Å². The Morgan fingerprint density at radius 1 is 0.905 bits per heavy atom. The third-order valence-electron chi connectivity index (χ3n) is 3.61. The average Bonchev–Trinajstić information content (AvgIpc) is 2.48. The maximum absolute atomic E-state index is 6.12. The van der Waals surface area contributed by atoms with Gasteiger partial charge >= 0.3 is 0 Å². The van der Waals surface area contributed by atoms with Gasteiger partial charge in [0.2, 0.25) is 0 Å². The second-order valence-electron chi connectivity index (χ2n) is 5.51. The lowest BCUT2D eigenvalue weighted by Gasteiger charge is -2.15. The number of rotatable bonds is 6. The second-order valence-corrected chi connectivity index (χ2v) is 5.92. The van der Waals surface area contributed by atoms with Crippen LogP contribution < -0.4 is 10.6 Å². The molecule has 0 spiro atoms. The molecule has 21 heavy (non-hydrogen) atoms. The number of para-hydroxylation sites is 1. The van der Waals surface area contributed by atoms with Gasteiger partial charge < -0.3 is 10.6 Å². The molecule has 112 valence electrons. The van der Waals surface area contributed by atoms with Crippen molar-refractivity contribution in [1.29, 1.82) is 0 Å². The molecule has 0 atom stereocenters. The minimum Gasteiger partial charge on any atom is -0.383 e. The summed E-state index contributed by atoms with van der Waals surface area (Å²) in [4.78, 5) is 0. The molecule has 0 radical (unpaired) electrons. The summed E-state index contributed by atoms with van der Waals surface area (Å²) < 4.78 is 0. The number of benzene rings is 2. The van der Waals surface area contributed by atoms with Gasteiger partial charge in [0.25, 0.3) is 0 Å². The average molecular weight is 303 g/mol. The van der Waals surface area contributed by atoms with E-state index in [0.717, 1.165) is 29.4 Å². The summed E-state index contributed by atoms with van der Waals surface area (Å²) in [6, 6.07) is 14.4. The fraction of sp³-hybridized carbons (Fsp3) is 0.333. The van der Waals surface area contributed by atoms with Crippen LogP contribution in [0.3, 0.4) is 0 Å². The molecule has 0 amide bonds. The fourth-order valence-electron chi connectivity index (χ4n) is 2.35.